The number of furan rings is 2. The third kappa shape index (κ3) is 13.4. The maximum Gasteiger partial charge on any atom is 0.238 e. The van der Waals surface area contributed by atoms with E-state index in [1.807, 2.05) is 76.5 Å². The van der Waals surface area contributed by atoms with Gasteiger partial charge in [0.2, 0.25) is 17.1 Å². The standard InChI is InChI=1S/C25H32N2O.C22H28N2O.C17H23N2.C17H17N2.C11H13N2.CH4/c1-16-9-11-19-20-12-10-17(2)26-23(20)28-22(19)21(16)27-18(3)25(15-24(27,4)5)13-7-6-8-14-25;1-13-8-10-16-17-11-9-14(2)23-20(17)25-19(16)18(13)24-15(3)21(4,5)12-22(24,6)7;1-12-8-7-9-13-15(12)19-14(10-11-18(19)6)17(4,5)16(13,2)3;1-14-8-6-7-11-16(14)19-13-12-17(18(19)2)15-9-4-3-5-10-15;1-10-6-3-4-7-11(10)13-9-5-8-12(13)2;/h9-12,18H,6-8,13-15H2,1-5H3;8-11,15H,12H2,1-7H3;7-11H,1-6H3;3-13H,1-2H3;3-9H,1-2H3;1H4/q;;3*+1;/i15D2;4D3,5D3,12D2;;;;. The van der Waals surface area contributed by atoms with Crippen molar-refractivity contribution >= 4 is 55.5 Å². The number of hydrogen-bond acceptors (Lipinski definition) is 6. The number of benzene rings is 6. The average molecular weight is 1420 g/mol. The topological polar surface area (TPSA) is 85.0 Å². The Morgan fingerprint density at radius 1 is 0.467 bits per heavy atom. The highest BCUT2D eigenvalue weighted by Crippen LogP contribution is 2.58. The van der Waals surface area contributed by atoms with Crippen molar-refractivity contribution in [2.24, 2.45) is 32.0 Å². The Bertz CT molecular complexity index is 5750. The summed E-state index contributed by atoms with van der Waals surface area (Å²) in [4.78, 5) is 13.0. The summed E-state index contributed by atoms with van der Waals surface area (Å²) in [6, 6.07) is 55.1. The van der Waals surface area contributed by atoms with E-state index in [2.05, 4.69) is 273 Å². The first-order chi connectivity index (χ1) is 53.4. The molecule has 6 aromatic carbocycles. The summed E-state index contributed by atoms with van der Waals surface area (Å²) < 4.78 is 112. The lowest BCUT2D eigenvalue weighted by molar-refractivity contribution is -0.745. The first-order valence-electron chi connectivity index (χ1n) is 42.0. The van der Waals surface area contributed by atoms with Crippen molar-refractivity contribution in [3.8, 4) is 28.3 Å². The summed E-state index contributed by atoms with van der Waals surface area (Å²) >= 11 is 0. The first kappa shape index (κ1) is 62.8. The normalized spacial score (nSPS) is 20.9. The number of aryl methyl sites for hydroxylation is 9. The Kier molecular flexibility index (Phi) is 17.0. The number of fused-ring (bicyclic) bond motifs is 9. The van der Waals surface area contributed by atoms with Crippen LogP contribution < -0.4 is 23.8 Å². The van der Waals surface area contributed by atoms with Crippen molar-refractivity contribution in [1.82, 2.24) is 24.0 Å². The SMILES string of the molecule is C.Cc1cccc2c1-n1c(cc[n+]1C)C(C)(C)C2(C)C.Cc1ccccc1-n1ccc(-c2ccccc2)[n+]1C.Cc1ccccc1-n1ccc[n+]1C.[2H]C([2H])([2H])C1(C([2H])([2H])[2H])C(C)N(c2c(C)ccc3c2oc2nc(C)ccc23)C(C)(C)C1([2H])[2H].[2H]C1([2H])C2(CCCCC2)C(C)N(c2c(C)ccc3c2oc2nc(C)ccc23)C1(C)C. The summed E-state index contributed by atoms with van der Waals surface area (Å²) in [5.74, 6) is 0. The molecule has 0 bridgehead atoms. The molecule has 3 fully saturated rings. The highest BCUT2D eigenvalue weighted by atomic mass is 16.3. The molecule has 4 aliphatic rings. The van der Waals surface area contributed by atoms with E-state index in [4.69, 9.17) is 19.8 Å². The van der Waals surface area contributed by atoms with Crippen molar-refractivity contribution in [3.05, 3.63) is 239 Å². The Hall–Kier alpha value is -9.55. The molecule has 548 valence electrons. The maximum atomic E-state index is 9.34. The van der Waals surface area contributed by atoms with Gasteiger partial charge in [0.25, 0.3) is 0 Å². The molecule has 12 heteroatoms. The van der Waals surface area contributed by atoms with Crippen LogP contribution in [0.5, 0.6) is 0 Å². The minimum atomic E-state index is -3.10. The minimum absolute atomic E-state index is 0. The molecule has 3 aliphatic heterocycles. The van der Waals surface area contributed by atoms with Gasteiger partial charge in [-0.2, -0.15) is 0 Å². The van der Waals surface area contributed by atoms with Gasteiger partial charge in [-0.15, -0.1) is 28.1 Å². The Morgan fingerprint density at radius 2 is 0.971 bits per heavy atom. The van der Waals surface area contributed by atoms with Crippen molar-refractivity contribution in [2.45, 2.75) is 218 Å². The van der Waals surface area contributed by atoms with Crippen LogP contribution in [0.2, 0.25) is 0 Å². The Balaban J connectivity index is 0.000000137. The van der Waals surface area contributed by atoms with Crippen LogP contribution >= 0.6 is 0 Å². The lowest BCUT2D eigenvalue weighted by Crippen LogP contribution is -2.51. The molecule has 1 saturated carbocycles. The molecule has 2 saturated heterocycles. The summed E-state index contributed by atoms with van der Waals surface area (Å²) in [5.41, 5.74) is 15.5. The molecule has 2 atom stereocenters. The van der Waals surface area contributed by atoms with Crippen LogP contribution in [-0.2, 0) is 32.0 Å². The summed E-state index contributed by atoms with van der Waals surface area (Å²) in [6.07, 6.45) is 9.83. The number of pyridine rings is 2. The number of rotatable bonds is 5. The average Bonchev–Trinajstić information content (AvgIpc) is 1.50. The number of para-hydroxylation sites is 3. The smallest absolute Gasteiger partial charge is 0.238 e. The molecule has 0 radical (unpaired) electrons. The molecule has 10 heterocycles. The van der Waals surface area contributed by atoms with Gasteiger partial charge in [-0.05, 0) is 208 Å². The van der Waals surface area contributed by atoms with Crippen molar-refractivity contribution in [3.63, 3.8) is 0 Å². The summed E-state index contributed by atoms with van der Waals surface area (Å²) in [5, 5.41) is 3.62. The van der Waals surface area contributed by atoms with E-state index in [-0.39, 0.29) is 29.7 Å². The van der Waals surface area contributed by atoms with Gasteiger partial charge >= 0.3 is 0 Å². The van der Waals surface area contributed by atoms with Crippen LogP contribution in [0.15, 0.2) is 197 Å². The Morgan fingerprint density at radius 3 is 1.50 bits per heavy atom. The molecular formula is C93H117N10O2+3. The molecule has 105 heavy (non-hydrogen) atoms. The third-order valence-electron chi connectivity index (χ3n) is 23.4. The molecule has 17 rings (SSSR count). The van der Waals surface area contributed by atoms with Crippen LogP contribution in [0.3, 0.4) is 0 Å². The van der Waals surface area contributed by atoms with E-state index in [1.165, 1.54) is 69.6 Å². The fourth-order valence-electron chi connectivity index (χ4n) is 17.1. The van der Waals surface area contributed by atoms with Gasteiger partial charge in [0.15, 0.2) is 44.7 Å². The lowest BCUT2D eigenvalue weighted by Gasteiger charge is -2.46. The van der Waals surface area contributed by atoms with Crippen LogP contribution in [0.25, 0.3) is 72.5 Å². The number of anilines is 2. The molecule has 0 amide bonds. The second-order valence-corrected chi connectivity index (χ2v) is 31.7. The van der Waals surface area contributed by atoms with Crippen molar-refractivity contribution in [1.29, 1.82) is 0 Å². The summed E-state index contributed by atoms with van der Waals surface area (Å²) in [6.45, 7) is 28.5. The molecule has 0 N–H and O–H groups in total. The zero-order chi connectivity index (χ0) is 82.9. The van der Waals surface area contributed by atoms with Gasteiger partial charge in [-0.25, -0.2) is 9.97 Å². The van der Waals surface area contributed by atoms with Crippen molar-refractivity contribution in [2.75, 3.05) is 9.80 Å². The van der Waals surface area contributed by atoms with Crippen LogP contribution in [-0.4, -0.2) is 47.2 Å². The van der Waals surface area contributed by atoms with E-state index in [0.717, 1.165) is 81.0 Å². The lowest BCUT2D eigenvalue weighted by atomic mass is 9.60. The largest absolute Gasteiger partial charge is 0.436 e. The zero-order valence-electron chi connectivity index (χ0n) is 74.9. The van der Waals surface area contributed by atoms with Crippen LogP contribution in [0.4, 0.5) is 11.4 Å². The first-order valence-corrected chi connectivity index (χ1v) is 37.0. The van der Waals surface area contributed by atoms with Crippen LogP contribution in [0, 0.1) is 59.3 Å². The van der Waals surface area contributed by atoms with E-state index >= 15 is 0 Å². The van der Waals surface area contributed by atoms with E-state index in [9.17, 15) is 2.74 Å². The monoisotopic (exact) mass is 1420 g/mol. The number of nitrogens with zero attached hydrogens (tertiary/aromatic N) is 10. The second-order valence-electron chi connectivity index (χ2n) is 31.7. The minimum Gasteiger partial charge on any atom is -0.436 e. The molecule has 13 aromatic rings. The molecule has 7 aromatic heterocycles. The van der Waals surface area contributed by atoms with Gasteiger partial charge in [0.05, 0.1) is 29.5 Å². The molecule has 12 nitrogen and oxygen atoms in total. The molecule has 1 aliphatic carbocycles. The third-order valence-corrected chi connectivity index (χ3v) is 23.4. The zero-order valence-corrected chi connectivity index (χ0v) is 64.9. The fraction of sp³-hybridized carbons (Fsp3) is 0.409. The molecular weight excluding hydrogens is 1290 g/mol. The quantitative estimate of drug-likeness (QED) is 0.160. The van der Waals surface area contributed by atoms with Gasteiger partial charge < -0.3 is 18.6 Å². The number of hydrogen-bond donors (Lipinski definition) is 0. The van der Waals surface area contributed by atoms with Crippen molar-refractivity contribution < 1.29 is 36.6 Å². The Labute approximate surface area is 640 Å². The maximum absolute atomic E-state index is 9.34. The predicted molar refractivity (Wildman–Crippen MR) is 436 cm³/mol. The number of aromatic nitrogens is 8. The van der Waals surface area contributed by atoms with Gasteiger partial charge in [-0.1, -0.05) is 165 Å². The van der Waals surface area contributed by atoms with Gasteiger partial charge in [0, 0.05) is 104 Å². The molecule has 1 spiro atoms. The van der Waals surface area contributed by atoms with Gasteiger partial charge in [-0.3, -0.25) is 0 Å². The predicted octanol–water partition coefficient (Wildman–Crippen LogP) is 21.6. The van der Waals surface area contributed by atoms with E-state index < -0.39 is 49.0 Å². The van der Waals surface area contributed by atoms with E-state index in [0.29, 0.717) is 22.7 Å². The van der Waals surface area contributed by atoms with Crippen LogP contribution in [0.1, 0.15) is 199 Å². The molecule has 2 unspecified atom stereocenters. The fourth-order valence-corrected chi connectivity index (χ4v) is 17.1. The highest BCUT2D eigenvalue weighted by Gasteiger charge is 2.55. The van der Waals surface area contributed by atoms with E-state index in [1.54, 1.807) is 18.7 Å². The second kappa shape index (κ2) is 28.4. The highest BCUT2D eigenvalue weighted by molar-refractivity contribution is 6.10. The summed E-state index contributed by atoms with van der Waals surface area (Å²) in [7, 11) is 6.25. The van der Waals surface area contributed by atoms with Gasteiger partial charge in [0.1, 0.15) is 17.1 Å².